The molecule has 0 aromatic heterocycles. The number of nitro groups is 1. The van der Waals surface area contributed by atoms with Crippen LogP contribution in [-0.4, -0.2) is 16.7 Å². The predicted molar refractivity (Wildman–Crippen MR) is 73.3 cm³/mol. The zero-order valence-electron chi connectivity index (χ0n) is 11.7. The van der Waals surface area contributed by atoms with Crippen molar-refractivity contribution in [1.29, 1.82) is 0 Å². The first kappa shape index (κ1) is 14.2. The molecule has 0 saturated carbocycles. The molecule has 1 heterocycles. The number of nitro benzene ring substituents is 1. The summed E-state index contributed by atoms with van der Waals surface area (Å²) < 4.78 is 0. The highest BCUT2D eigenvalue weighted by Gasteiger charge is 2.47. The molecule has 0 radical (unpaired) electrons. The van der Waals surface area contributed by atoms with E-state index in [0.717, 1.165) is 4.90 Å². The molecule has 6 heteroatoms. The summed E-state index contributed by atoms with van der Waals surface area (Å²) >= 11 is 0. The van der Waals surface area contributed by atoms with Gasteiger partial charge < -0.3 is 0 Å². The number of benzene rings is 1. The van der Waals surface area contributed by atoms with Crippen molar-refractivity contribution >= 4 is 23.2 Å². The highest BCUT2D eigenvalue weighted by Crippen LogP contribution is 2.39. The number of non-ortho nitro benzene ring substituents is 1. The smallest absolute Gasteiger partial charge is 0.269 e. The number of amides is 2. The van der Waals surface area contributed by atoms with Gasteiger partial charge in [-0.25, -0.2) is 4.90 Å². The van der Waals surface area contributed by atoms with Gasteiger partial charge in [0.1, 0.15) is 0 Å². The molecule has 1 saturated heterocycles. The maximum absolute atomic E-state index is 12.4. The van der Waals surface area contributed by atoms with Crippen LogP contribution >= 0.6 is 0 Å². The highest BCUT2D eigenvalue weighted by atomic mass is 16.6. The van der Waals surface area contributed by atoms with Crippen LogP contribution in [0, 0.1) is 22.5 Å². The minimum absolute atomic E-state index is 0.0522. The molecule has 1 aromatic carbocycles. The molecule has 1 unspecified atom stereocenters. The van der Waals surface area contributed by atoms with Gasteiger partial charge in [-0.2, -0.15) is 0 Å². The lowest BCUT2D eigenvalue weighted by Gasteiger charge is -2.21. The monoisotopic (exact) mass is 276 g/mol. The number of carbonyl (C=O) groups excluding carboxylic acids is 2. The Bertz CT molecular complexity index is 611. The summed E-state index contributed by atoms with van der Waals surface area (Å²) in [5, 5.41) is 10.7. The number of hydrogen-bond acceptors (Lipinski definition) is 4. The zero-order chi connectivity index (χ0) is 15.1. The number of aryl methyl sites for hydroxylation is 1. The van der Waals surface area contributed by atoms with Gasteiger partial charge in [-0.1, -0.05) is 13.8 Å². The largest absolute Gasteiger partial charge is 0.274 e. The van der Waals surface area contributed by atoms with Crippen molar-refractivity contribution in [2.45, 2.75) is 33.6 Å². The number of rotatable bonds is 3. The van der Waals surface area contributed by atoms with Gasteiger partial charge in [0.25, 0.3) is 5.69 Å². The number of anilines is 1. The Labute approximate surface area is 116 Å². The number of nitrogens with zero attached hydrogens (tertiary/aromatic N) is 2. The fraction of sp³-hybridized carbons (Fsp3) is 0.429. The molecule has 1 atom stereocenters. The molecule has 6 nitrogen and oxygen atoms in total. The SMILES string of the molecule is CCC1(C)CC(=O)N(c2ccc([N+](=O)[O-])cc2C)C1=O. The van der Waals surface area contributed by atoms with E-state index >= 15 is 0 Å². The molecule has 2 amide bonds. The van der Waals surface area contributed by atoms with Gasteiger partial charge >= 0.3 is 0 Å². The molecule has 1 aliphatic heterocycles. The Morgan fingerprint density at radius 1 is 1.40 bits per heavy atom. The van der Waals surface area contributed by atoms with E-state index in [4.69, 9.17) is 0 Å². The van der Waals surface area contributed by atoms with Gasteiger partial charge in [0, 0.05) is 18.6 Å². The standard InChI is InChI=1S/C14H16N2O4/c1-4-14(3)8-12(17)15(13(14)18)11-6-5-10(16(19)20)7-9(11)2/h5-7H,4,8H2,1-3H3. The minimum atomic E-state index is -0.675. The van der Waals surface area contributed by atoms with E-state index in [-0.39, 0.29) is 23.9 Å². The Morgan fingerprint density at radius 3 is 2.50 bits per heavy atom. The first-order valence-corrected chi connectivity index (χ1v) is 6.42. The molecule has 1 fully saturated rings. The van der Waals surface area contributed by atoms with Crippen molar-refractivity contribution in [1.82, 2.24) is 0 Å². The van der Waals surface area contributed by atoms with Crippen LogP contribution in [0.1, 0.15) is 32.3 Å². The van der Waals surface area contributed by atoms with Crippen molar-refractivity contribution in [2.24, 2.45) is 5.41 Å². The molecule has 0 bridgehead atoms. The second-order valence-corrected chi connectivity index (χ2v) is 5.35. The molecule has 0 N–H and O–H groups in total. The lowest BCUT2D eigenvalue weighted by Crippen LogP contribution is -2.34. The van der Waals surface area contributed by atoms with Crippen molar-refractivity contribution < 1.29 is 14.5 Å². The molecule has 1 aliphatic rings. The number of carbonyl (C=O) groups is 2. The number of hydrogen-bond donors (Lipinski definition) is 0. The van der Waals surface area contributed by atoms with Crippen molar-refractivity contribution in [2.75, 3.05) is 4.90 Å². The lowest BCUT2D eigenvalue weighted by molar-refractivity contribution is -0.384. The summed E-state index contributed by atoms with van der Waals surface area (Å²) in [6, 6.07) is 4.15. The van der Waals surface area contributed by atoms with Crippen LogP contribution in [0.25, 0.3) is 0 Å². The Hall–Kier alpha value is -2.24. The van der Waals surface area contributed by atoms with Crippen molar-refractivity contribution in [3.63, 3.8) is 0 Å². The fourth-order valence-electron chi connectivity index (χ4n) is 2.40. The molecule has 0 spiro atoms. The third-order valence-corrected chi connectivity index (χ3v) is 3.92. The van der Waals surface area contributed by atoms with E-state index in [1.54, 1.807) is 13.8 Å². The molecule has 20 heavy (non-hydrogen) atoms. The third kappa shape index (κ3) is 2.07. The molecule has 1 aromatic rings. The maximum atomic E-state index is 12.4. The minimum Gasteiger partial charge on any atom is -0.274 e. The lowest BCUT2D eigenvalue weighted by atomic mass is 9.86. The van der Waals surface area contributed by atoms with Gasteiger partial charge in [-0.05, 0) is 25.0 Å². The van der Waals surface area contributed by atoms with Gasteiger partial charge in [0.15, 0.2) is 0 Å². The normalized spacial score (nSPS) is 22.4. The van der Waals surface area contributed by atoms with Crippen LogP contribution in [0.4, 0.5) is 11.4 Å². The van der Waals surface area contributed by atoms with Crippen molar-refractivity contribution in [3.8, 4) is 0 Å². The van der Waals surface area contributed by atoms with Crippen LogP contribution < -0.4 is 4.90 Å². The van der Waals surface area contributed by atoms with Crippen LogP contribution in [0.5, 0.6) is 0 Å². The Kier molecular flexibility index (Phi) is 3.33. The molecular weight excluding hydrogens is 260 g/mol. The predicted octanol–water partition coefficient (Wildman–Crippen LogP) is 2.58. The van der Waals surface area contributed by atoms with E-state index < -0.39 is 10.3 Å². The van der Waals surface area contributed by atoms with Crippen LogP contribution in [0.3, 0.4) is 0 Å². The van der Waals surface area contributed by atoms with Gasteiger partial charge in [-0.15, -0.1) is 0 Å². The van der Waals surface area contributed by atoms with Crippen LogP contribution in [0.15, 0.2) is 18.2 Å². The van der Waals surface area contributed by atoms with E-state index in [9.17, 15) is 19.7 Å². The zero-order valence-corrected chi connectivity index (χ0v) is 11.7. The second kappa shape index (κ2) is 4.70. The van der Waals surface area contributed by atoms with Crippen LogP contribution in [-0.2, 0) is 9.59 Å². The van der Waals surface area contributed by atoms with Crippen LogP contribution in [0.2, 0.25) is 0 Å². The van der Waals surface area contributed by atoms with E-state index in [2.05, 4.69) is 0 Å². The van der Waals surface area contributed by atoms with Gasteiger partial charge in [0.2, 0.25) is 11.8 Å². The first-order chi connectivity index (χ1) is 9.30. The average molecular weight is 276 g/mol. The molecular formula is C14H16N2O4. The molecule has 2 rings (SSSR count). The van der Waals surface area contributed by atoms with Gasteiger partial charge in [-0.3, -0.25) is 19.7 Å². The molecule has 0 aliphatic carbocycles. The maximum Gasteiger partial charge on any atom is 0.269 e. The second-order valence-electron chi connectivity index (χ2n) is 5.35. The summed E-state index contributed by atoms with van der Waals surface area (Å²) in [6.45, 7) is 5.30. The topological polar surface area (TPSA) is 80.5 Å². The summed E-state index contributed by atoms with van der Waals surface area (Å²) in [6.07, 6.45) is 0.763. The quantitative estimate of drug-likeness (QED) is 0.482. The summed E-state index contributed by atoms with van der Waals surface area (Å²) in [7, 11) is 0. The van der Waals surface area contributed by atoms with E-state index in [1.807, 2.05) is 6.92 Å². The van der Waals surface area contributed by atoms with Crippen molar-refractivity contribution in [3.05, 3.63) is 33.9 Å². The third-order valence-electron chi connectivity index (χ3n) is 3.92. The Morgan fingerprint density at radius 2 is 2.05 bits per heavy atom. The summed E-state index contributed by atoms with van der Waals surface area (Å²) in [5.74, 6) is -0.488. The molecule has 106 valence electrons. The average Bonchev–Trinajstić information content (AvgIpc) is 2.61. The number of imide groups is 1. The fourth-order valence-corrected chi connectivity index (χ4v) is 2.40. The highest BCUT2D eigenvalue weighted by molar-refractivity contribution is 6.22. The Balaban J connectivity index is 2.45. The van der Waals surface area contributed by atoms with E-state index in [0.29, 0.717) is 17.7 Å². The summed E-state index contributed by atoms with van der Waals surface area (Å²) in [4.78, 5) is 35.9. The van der Waals surface area contributed by atoms with Gasteiger partial charge in [0.05, 0.1) is 16.0 Å². The summed E-state index contributed by atoms with van der Waals surface area (Å²) in [5.41, 5.74) is 0.248. The first-order valence-electron chi connectivity index (χ1n) is 6.42. The van der Waals surface area contributed by atoms with E-state index in [1.165, 1.54) is 18.2 Å².